The van der Waals surface area contributed by atoms with E-state index in [1.807, 2.05) is 30.3 Å². The Morgan fingerprint density at radius 3 is 2.43 bits per heavy atom. The van der Waals surface area contributed by atoms with Gasteiger partial charge in [-0.25, -0.2) is 4.79 Å². The number of carbonyl (C=O) groups is 1. The molecule has 2 aromatic rings. The Labute approximate surface area is 126 Å². The third-order valence-electron chi connectivity index (χ3n) is 3.27. The summed E-state index contributed by atoms with van der Waals surface area (Å²) in [4.78, 5) is 11.3. The SMILES string of the molecule is C=C(C)C(=O)OCCCc1ccccc1-c1ccccc1. The summed E-state index contributed by atoms with van der Waals surface area (Å²) in [5.74, 6) is -0.314. The van der Waals surface area contributed by atoms with Gasteiger partial charge < -0.3 is 4.74 Å². The first kappa shape index (κ1) is 15.0. The molecule has 0 saturated heterocycles. The van der Waals surface area contributed by atoms with E-state index >= 15 is 0 Å². The summed E-state index contributed by atoms with van der Waals surface area (Å²) in [7, 11) is 0. The number of ether oxygens (including phenoxy) is 1. The van der Waals surface area contributed by atoms with Crippen molar-refractivity contribution in [2.24, 2.45) is 0 Å². The molecule has 0 bridgehead atoms. The number of aryl methyl sites for hydroxylation is 1. The topological polar surface area (TPSA) is 26.3 Å². The Bertz CT molecular complexity index is 614. The zero-order valence-corrected chi connectivity index (χ0v) is 12.3. The maximum Gasteiger partial charge on any atom is 0.333 e. The fourth-order valence-corrected chi connectivity index (χ4v) is 2.19. The third kappa shape index (κ3) is 4.32. The van der Waals surface area contributed by atoms with Crippen molar-refractivity contribution >= 4 is 5.97 Å². The minimum absolute atomic E-state index is 0.314. The number of esters is 1. The Hall–Kier alpha value is -2.35. The smallest absolute Gasteiger partial charge is 0.333 e. The summed E-state index contributed by atoms with van der Waals surface area (Å²) < 4.78 is 5.13. The average molecular weight is 280 g/mol. The maximum absolute atomic E-state index is 11.3. The highest BCUT2D eigenvalue weighted by Gasteiger charge is 2.06. The van der Waals surface area contributed by atoms with Gasteiger partial charge >= 0.3 is 5.97 Å². The van der Waals surface area contributed by atoms with Crippen LogP contribution < -0.4 is 0 Å². The van der Waals surface area contributed by atoms with Crippen molar-refractivity contribution in [2.45, 2.75) is 19.8 Å². The van der Waals surface area contributed by atoms with Crippen LogP contribution in [0.3, 0.4) is 0 Å². The lowest BCUT2D eigenvalue weighted by molar-refractivity contribution is -0.139. The first-order valence-electron chi connectivity index (χ1n) is 7.14. The molecule has 0 spiro atoms. The van der Waals surface area contributed by atoms with Gasteiger partial charge in [0, 0.05) is 5.57 Å². The van der Waals surface area contributed by atoms with Gasteiger partial charge in [0.15, 0.2) is 0 Å². The largest absolute Gasteiger partial charge is 0.462 e. The van der Waals surface area contributed by atoms with Crippen molar-refractivity contribution in [1.29, 1.82) is 0 Å². The summed E-state index contributed by atoms with van der Waals surface area (Å²) in [6.45, 7) is 5.66. The molecule has 0 atom stereocenters. The molecule has 0 N–H and O–H groups in total. The zero-order valence-electron chi connectivity index (χ0n) is 12.3. The van der Waals surface area contributed by atoms with E-state index in [-0.39, 0.29) is 5.97 Å². The minimum Gasteiger partial charge on any atom is -0.462 e. The summed E-state index contributed by atoms with van der Waals surface area (Å²) in [5.41, 5.74) is 4.17. The van der Waals surface area contributed by atoms with E-state index in [9.17, 15) is 4.79 Å². The van der Waals surface area contributed by atoms with Crippen molar-refractivity contribution in [2.75, 3.05) is 6.61 Å². The number of benzene rings is 2. The van der Waals surface area contributed by atoms with Crippen molar-refractivity contribution in [3.8, 4) is 11.1 Å². The molecule has 0 heterocycles. The van der Waals surface area contributed by atoms with E-state index in [1.54, 1.807) is 6.92 Å². The van der Waals surface area contributed by atoms with Crippen molar-refractivity contribution < 1.29 is 9.53 Å². The van der Waals surface area contributed by atoms with E-state index in [0.717, 1.165) is 12.8 Å². The van der Waals surface area contributed by atoms with Crippen LogP contribution in [0.4, 0.5) is 0 Å². The molecule has 2 nitrogen and oxygen atoms in total. The molecule has 2 heteroatoms. The normalized spacial score (nSPS) is 10.1. The molecule has 0 aliphatic carbocycles. The van der Waals surface area contributed by atoms with Gasteiger partial charge in [-0.1, -0.05) is 61.2 Å². The number of carbonyl (C=O) groups excluding carboxylic acids is 1. The van der Waals surface area contributed by atoms with E-state index in [1.165, 1.54) is 16.7 Å². The highest BCUT2D eigenvalue weighted by Crippen LogP contribution is 2.24. The summed E-state index contributed by atoms with van der Waals surface area (Å²) in [6, 6.07) is 18.7. The van der Waals surface area contributed by atoms with Gasteiger partial charge in [0.25, 0.3) is 0 Å². The summed E-state index contributed by atoms with van der Waals surface area (Å²) in [6.07, 6.45) is 1.69. The summed E-state index contributed by atoms with van der Waals surface area (Å²) in [5, 5.41) is 0. The minimum atomic E-state index is -0.314. The van der Waals surface area contributed by atoms with Crippen molar-refractivity contribution in [3.63, 3.8) is 0 Å². The molecule has 0 amide bonds. The van der Waals surface area contributed by atoms with Gasteiger partial charge in [0.05, 0.1) is 6.61 Å². The molecule has 108 valence electrons. The monoisotopic (exact) mass is 280 g/mol. The molecule has 0 aromatic heterocycles. The van der Waals surface area contributed by atoms with Crippen molar-refractivity contribution in [1.82, 2.24) is 0 Å². The van der Waals surface area contributed by atoms with E-state index in [2.05, 4.69) is 30.8 Å². The fourth-order valence-electron chi connectivity index (χ4n) is 2.19. The fraction of sp³-hybridized carbons (Fsp3) is 0.211. The predicted molar refractivity (Wildman–Crippen MR) is 86.0 cm³/mol. The predicted octanol–water partition coefficient (Wildman–Crippen LogP) is 4.41. The molecule has 0 aliphatic rings. The van der Waals surface area contributed by atoms with E-state index < -0.39 is 0 Å². The molecule has 0 radical (unpaired) electrons. The van der Waals surface area contributed by atoms with E-state index in [4.69, 9.17) is 4.74 Å². The standard InChI is InChI=1S/C19H20O2/c1-15(2)19(20)21-14-8-12-17-11-6-7-13-18(17)16-9-4-3-5-10-16/h3-7,9-11,13H,1,8,12,14H2,2H3. The zero-order chi connectivity index (χ0) is 15.1. The van der Waals surface area contributed by atoms with Gasteiger partial charge in [-0.15, -0.1) is 0 Å². The highest BCUT2D eigenvalue weighted by atomic mass is 16.5. The molecule has 2 aromatic carbocycles. The second kappa shape index (κ2) is 7.44. The van der Waals surface area contributed by atoms with Crippen LogP contribution in [0.5, 0.6) is 0 Å². The van der Waals surface area contributed by atoms with Crippen LogP contribution in [0, 0.1) is 0 Å². The number of rotatable bonds is 6. The summed E-state index contributed by atoms with van der Waals surface area (Å²) >= 11 is 0. The number of hydrogen-bond donors (Lipinski definition) is 0. The first-order valence-corrected chi connectivity index (χ1v) is 7.14. The van der Waals surface area contributed by atoms with Crippen molar-refractivity contribution in [3.05, 3.63) is 72.3 Å². The van der Waals surface area contributed by atoms with Crippen LogP contribution in [0.15, 0.2) is 66.7 Å². The van der Waals surface area contributed by atoms with Gasteiger partial charge in [-0.3, -0.25) is 0 Å². The maximum atomic E-state index is 11.3. The molecule has 0 aliphatic heterocycles. The molecule has 0 saturated carbocycles. The quantitative estimate of drug-likeness (QED) is 0.445. The van der Waals surface area contributed by atoms with Crippen LogP contribution in [-0.4, -0.2) is 12.6 Å². The van der Waals surface area contributed by atoms with Crippen LogP contribution in [0.2, 0.25) is 0 Å². The third-order valence-corrected chi connectivity index (χ3v) is 3.27. The Morgan fingerprint density at radius 2 is 1.71 bits per heavy atom. The molecular formula is C19H20O2. The van der Waals surface area contributed by atoms with Gasteiger partial charge in [0.2, 0.25) is 0 Å². The molecule has 0 fully saturated rings. The van der Waals surface area contributed by atoms with Gasteiger partial charge in [0.1, 0.15) is 0 Å². The second-order valence-electron chi connectivity index (χ2n) is 5.04. The number of hydrogen-bond acceptors (Lipinski definition) is 2. The van der Waals surface area contributed by atoms with Crippen LogP contribution in [0.1, 0.15) is 18.9 Å². The van der Waals surface area contributed by atoms with Crippen LogP contribution in [-0.2, 0) is 16.0 Å². The Balaban J connectivity index is 1.98. The average Bonchev–Trinajstić information content (AvgIpc) is 2.52. The molecule has 2 rings (SSSR count). The van der Waals surface area contributed by atoms with Crippen LogP contribution >= 0.6 is 0 Å². The van der Waals surface area contributed by atoms with E-state index in [0.29, 0.717) is 12.2 Å². The lowest BCUT2D eigenvalue weighted by atomic mass is 9.97. The second-order valence-corrected chi connectivity index (χ2v) is 5.04. The Kier molecular flexibility index (Phi) is 5.33. The van der Waals surface area contributed by atoms with Gasteiger partial charge in [-0.05, 0) is 36.5 Å². The first-order chi connectivity index (χ1) is 10.2. The molecule has 21 heavy (non-hydrogen) atoms. The highest BCUT2D eigenvalue weighted by molar-refractivity contribution is 5.86. The van der Waals surface area contributed by atoms with Gasteiger partial charge in [-0.2, -0.15) is 0 Å². The lowest BCUT2D eigenvalue weighted by Crippen LogP contribution is -2.07. The Morgan fingerprint density at radius 1 is 1.05 bits per heavy atom. The lowest BCUT2D eigenvalue weighted by Gasteiger charge is -2.10. The van der Waals surface area contributed by atoms with Crippen LogP contribution in [0.25, 0.3) is 11.1 Å². The molecule has 0 unspecified atom stereocenters. The molecular weight excluding hydrogens is 260 g/mol.